The quantitative estimate of drug-likeness (QED) is 0.621. The van der Waals surface area contributed by atoms with Crippen molar-refractivity contribution < 1.29 is 23.8 Å². The summed E-state index contributed by atoms with van der Waals surface area (Å²) in [5.74, 6) is -1.42. The van der Waals surface area contributed by atoms with Crippen LogP contribution in [-0.4, -0.2) is 23.1 Å². The second-order valence-electron chi connectivity index (χ2n) is 6.75. The Balaban J connectivity index is 1.77. The molecular formula is C22H21NO6. The van der Waals surface area contributed by atoms with Crippen LogP contribution in [0.3, 0.4) is 0 Å². The number of fused-ring (bicyclic) bond motifs is 1. The first-order chi connectivity index (χ1) is 13.8. The van der Waals surface area contributed by atoms with Crippen LogP contribution in [0.2, 0.25) is 0 Å². The van der Waals surface area contributed by atoms with Crippen molar-refractivity contribution in [1.29, 1.82) is 0 Å². The summed E-state index contributed by atoms with van der Waals surface area (Å²) in [6.07, 6.45) is -0.962. The van der Waals surface area contributed by atoms with Gasteiger partial charge in [-0.25, -0.2) is 9.59 Å². The maximum absolute atomic E-state index is 12.5. The molecule has 0 aliphatic carbocycles. The zero-order valence-electron chi connectivity index (χ0n) is 16.3. The molecule has 3 aromatic rings. The van der Waals surface area contributed by atoms with Gasteiger partial charge in [-0.05, 0) is 44.0 Å². The van der Waals surface area contributed by atoms with Gasteiger partial charge in [0.2, 0.25) is 0 Å². The van der Waals surface area contributed by atoms with Crippen molar-refractivity contribution in [3.63, 3.8) is 0 Å². The molecule has 0 unspecified atom stereocenters. The minimum absolute atomic E-state index is 0.332. The number of hydrogen-bond donors (Lipinski definition) is 2. The molecule has 0 aliphatic heterocycles. The highest BCUT2D eigenvalue weighted by molar-refractivity contribution is 5.87. The van der Waals surface area contributed by atoms with Crippen LogP contribution in [0.4, 0.5) is 0 Å². The van der Waals surface area contributed by atoms with E-state index in [0.29, 0.717) is 22.5 Å². The Morgan fingerprint density at radius 1 is 1.07 bits per heavy atom. The van der Waals surface area contributed by atoms with Crippen molar-refractivity contribution >= 4 is 22.8 Å². The molecule has 1 aromatic heterocycles. The molecule has 0 radical (unpaired) electrons. The third kappa shape index (κ3) is 4.29. The van der Waals surface area contributed by atoms with Crippen molar-refractivity contribution in [3.05, 3.63) is 75.6 Å². The Morgan fingerprint density at radius 3 is 2.41 bits per heavy atom. The number of amides is 1. The van der Waals surface area contributed by atoms with Crippen molar-refractivity contribution in [1.82, 2.24) is 5.32 Å². The predicted molar refractivity (Wildman–Crippen MR) is 107 cm³/mol. The smallest absolute Gasteiger partial charge is 0.339 e. The molecule has 29 heavy (non-hydrogen) atoms. The molecule has 2 aromatic carbocycles. The molecular weight excluding hydrogens is 374 g/mol. The minimum atomic E-state index is -1.19. The lowest BCUT2D eigenvalue weighted by Gasteiger charge is -2.19. The fraction of sp³-hybridized carbons (Fsp3) is 0.227. The molecule has 7 heteroatoms. The van der Waals surface area contributed by atoms with Gasteiger partial charge in [-0.3, -0.25) is 4.79 Å². The van der Waals surface area contributed by atoms with E-state index in [1.54, 1.807) is 55.5 Å². The molecule has 0 aliphatic rings. The number of rotatable bonds is 6. The van der Waals surface area contributed by atoms with E-state index in [0.717, 1.165) is 10.9 Å². The lowest BCUT2D eigenvalue weighted by Crippen LogP contribution is -2.41. The summed E-state index contributed by atoms with van der Waals surface area (Å²) >= 11 is 0. The number of carbonyl (C=O) groups excluding carboxylic acids is 1. The summed E-state index contributed by atoms with van der Waals surface area (Å²) in [5.41, 5.74) is 1.75. The van der Waals surface area contributed by atoms with E-state index in [2.05, 4.69) is 5.32 Å². The molecule has 0 saturated carbocycles. The van der Waals surface area contributed by atoms with Crippen molar-refractivity contribution in [2.24, 2.45) is 0 Å². The van der Waals surface area contributed by atoms with E-state index >= 15 is 0 Å². The van der Waals surface area contributed by atoms with E-state index in [1.807, 2.05) is 6.92 Å². The van der Waals surface area contributed by atoms with Crippen LogP contribution in [0.15, 0.2) is 57.7 Å². The predicted octanol–water partition coefficient (Wildman–Crippen LogP) is 3.12. The zero-order valence-corrected chi connectivity index (χ0v) is 16.3. The molecule has 150 valence electrons. The van der Waals surface area contributed by atoms with Crippen molar-refractivity contribution in [2.45, 2.75) is 32.9 Å². The summed E-state index contributed by atoms with van der Waals surface area (Å²) in [7, 11) is 0. The highest BCUT2D eigenvalue weighted by Crippen LogP contribution is 2.24. The maximum Gasteiger partial charge on any atom is 0.339 e. The summed E-state index contributed by atoms with van der Waals surface area (Å²) in [6.45, 7) is 5.05. The summed E-state index contributed by atoms with van der Waals surface area (Å²) in [4.78, 5) is 35.9. The number of carbonyl (C=O) groups is 2. The number of carboxylic acid groups (broad SMARTS) is 1. The summed E-state index contributed by atoms with van der Waals surface area (Å²) in [5, 5.41) is 12.7. The molecule has 0 spiro atoms. The first kappa shape index (κ1) is 20.1. The normalized spacial score (nSPS) is 12.9. The van der Waals surface area contributed by atoms with E-state index < -0.39 is 29.6 Å². The van der Waals surface area contributed by atoms with E-state index in [4.69, 9.17) is 9.15 Å². The lowest BCUT2D eigenvalue weighted by atomic mass is 10.1. The van der Waals surface area contributed by atoms with Crippen LogP contribution in [-0.2, 0) is 9.59 Å². The number of nitrogens with one attached hydrogen (secondary N) is 1. The Bertz CT molecular complexity index is 1120. The Hall–Kier alpha value is -3.61. The first-order valence-corrected chi connectivity index (χ1v) is 9.06. The third-order valence-corrected chi connectivity index (χ3v) is 4.78. The number of carboxylic acids is 1. The van der Waals surface area contributed by atoms with Crippen LogP contribution < -0.4 is 15.7 Å². The van der Waals surface area contributed by atoms with Gasteiger partial charge in [-0.1, -0.05) is 30.3 Å². The van der Waals surface area contributed by atoms with Crippen LogP contribution in [0.1, 0.15) is 29.7 Å². The molecule has 0 saturated heterocycles. The molecule has 2 N–H and O–H groups in total. The highest BCUT2D eigenvalue weighted by atomic mass is 16.5. The molecule has 7 nitrogen and oxygen atoms in total. The topological polar surface area (TPSA) is 106 Å². The Labute approximate surface area is 166 Å². The highest BCUT2D eigenvalue weighted by Gasteiger charge is 2.25. The molecule has 3 rings (SSSR count). The van der Waals surface area contributed by atoms with E-state index in [-0.39, 0.29) is 0 Å². The average Bonchev–Trinajstić information content (AvgIpc) is 2.70. The maximum atomic E-state index is 12.5. The molecule has 1 heterocycles. The van der Waals surface area contributed by atoms with Crippen LogP contribution in [0, 0.1) is 13.8 Å². The first-order valence-electron chi connectivity index (χ1n) is 9.06. The van der Waals surface area contributed by atoms with Gasteiger partial charge in [0.25, 0.3) is 5.91 Å². The molecule has 0 fully saturated rings. The monoisotopic (exact) mass is 395 g/mol. The summed E-state index contributed by atoms with van der Waals surface area (Å²) in [6, 6.07) is 12.2. The van der Waals surface area contributed by atoms with Gasteiger partial charge in [0, 0.05) is 17.0 Å². The third-order valence-electron chi connectivity index (χ3n) is 4.78. The fourth-order valence-corrected chi connectivity index (χ4v) is 2.95. The number of ether oxygens (including phenoxy) is 1. The fourth-order valence-electron chi connectivity index (χ4n) is 2.95. The van der Waals surface area contributed by atoms with Gasteiger partial charge < -0.3 is 19.6 Å². The van der Waals surface area contributed by atoms with Crippen LogP contribution in [0.25, 0.3) is 11.0 Å². The SMILES string of the molecule is Cc1c(C)c2ccc(O[C@@H](C)C(=O)N[C@H](C(=O)O)c3ccccc3)cc2oc1=O. The van der Waals surface area contributed by atoms with Gasteiger partial charge in [-0.15, -0.1) is 0 Å². The van der Waals surface area contributed by atoms with Gasteiger partial charge in [0.15, 0.2) is 12.1 Å². The molecule has 1 amide bonds. The standard InChI is InChI=1S/C22H21NO6/c1-12-13(2)22(27)29-18-11-16(9-10-17(12)18)28-14(3)20(24)23-19(21(25)26)15-7-5-4-6-8-15/h4-11,14,19H,1-3H3,(H,23,24)(H,25,26)/t14-,19-/m0/s1. The van der Waals surface area contributed by atoms with Gasteiger partial charge in [0.05, 0.1) is 0 Å². The van der Waals surface area contributed by atoms with Gasteiger partial charge >= 0.3 is 11.6 Å². The molecule has 0 bridgehead atoms. The molecule has 2 atom stereocenters. The van der Waals surface area contributed by atoms with Gasteiger partial charge in [-0.2, -0.15) is 0 Å². The van der Waals surface area contributed by atoms with Crippen molar-refractivity contribution in [3.8, 4) is 5.75 Å². The number of hydrogen-bond acceptors (Lipinski definition) is 5. The van der Waals surface area contributed by atoms with Crippen LogP contribution >= 0.6 is 0 Å². The van der Waals surface area contributed by atoms with Crippen LogP contribution in [0.5, 0.6) is 5.75 Å². The number of benzene rings is 2. The van der Waals surface area contributed by atoms with E-state index in [9.17, 15) is 19.5 Å². The largest absolute Gasteiger partial charge is 0.481 e. The minimum Gasteiger partial charge on any atom is -0.481 e. The Kier molecular flexibility index (Phi) is 5.68. The lowest BCUT2D eigenvalue weighted by molar-refractivity contribution is -0.143. The second kappa shape index (κ2) is 8.18. The second-order valence-corrected chi connectivity index (χ2v) is 6.75. The number of aliphatic carboxylic acids is 1. The van der Waals surface area contributed by atoms with Crippen molar-refractivity contribution in [2.75, 3.05) is 0 Å². The van der Waals surface area contributed by atoms with Gasteiger partial charge in [0.1, 0.15) is 11.3 Å². The van der Waals surface area contributed by atoms with E-state index in [1.165, 1.54) is 6.92 Å². The average molecular weight is 395 g/mol. The number of aryl methyl sites for hydroxylation is 1. The Morgan fingerprint density at radius 2 is 1.76 bits per heavy atom. The zero-order chi connectivity index (χ0) is 21.1. The summed E-state index contributed by atoms with van der Waals surface area (Å²) < 4.78 is 10.9.